The number of carbonyl (C=O) groups excluding carboxylic acids is 1. The number of hydrogen-bond donors (Lipinski definition) is 1. The van der Waals surface area contributed by atoms with Gasteiger partial charge < -0.3 is 14.7 Å². The predicted molar refractivity (Wildman–Crippen MR) is 97.3 cm³/mol. The first-order valence-electron chi connectivity index (χ1n) is 9.41. The average molecular weight is 375 g/mol. The molecule has 1 aromatic carbocycles. The number of likely N-dealkylation sites (tertiary alicyclic amines) is 2. The zero-order valence-corrected chi connectivity index (χ0v) is 15.7. The van der Waals surface area contributed by atoms with Crippen molar-refractivity contribution in [2.75, 3.05) is 33.3 Å². The summed E-state index contributed by atoms with van der Waals surface area (Å²) in [7, 11) is 1.51. The van der Waals surface area contributed by atoms with Gasteiger partial charge in [-0.15, -0.1) is 0 Å². The second-order valence-electron chi connectivity index (χ2n) is 7.50. The highest BCUT2D eigenvalue weighted by atomic mass is 19.1. The molecule has 2 heterocycles. The molecule has 0 aliphatic carbocycles. The molecule has 0 unspecified atom stereocenters. The van der Waals surface area contributed by atoms with E-state index in [1.165, 1.54) is 24.1 Å². The van der Waals surface area contributed by atoms with E-state index in [0.717, 1.165) is 12.8 Å². The first-order valence-corrected chi connectivity index (χ1v) is 9.41. The number of rotatable bonds is 5. The normalized spacial score (nSPS) is 24.7. The Morgan fingerprint density at radius 3 is 2.78 bits per heavy atom. The van der Waals surface area contributed by atoms with Crippen molar-refractivity contribution in [1.82, 2.24) is 9.80 Å². The van der Waals surface area contributed by atoms with Gasteiger partial charge in [0.2, 0.25) is 0 Å². The molecule has 27 heavy (non-hydrogen) atoms. The summed E-state index contributed by atoms with van der Waals surface area (Å²) in [4.78, 5) is 16.5. The predicted octanol–water partition coefficient (Wildman–Crippen LogP) is 1.92. The molecule has 0 bridgehead atoms. The number of halogens is 1. The van der Waals surface area contributed by atoms with Crippen LogP contribution >= 0.6 is 0 Å². The number of ether oxygens (including phenoxy) is 1. The maximum absolute atomic E-state index is 14.1. The van der Waals surface area contributed by atoms with E-state index in [-0.39, 0.29) is 24.9 Å². The molecule has 0 aromatic heterocycles. The molecule has 0 spiro atoms. The van der Waals surface area contributed by atoms with Crippen molar-refractivity contribution in [2.24, 2.45) is 5.92 Å². The number of carbonyl (C=O) groups is 1. The minimum absolute atomic E-state index is 0.0606. The standard InChI is InChI=1S/C20H26FN3O3/c1-27-17-3-4-18(21)16(11-17)13-24-8-2-7-20(26,19(24)25)14-23-9-5-15(12-22)6-10-23/h3-4,11,15,26H,2,5-10,13-14H2,1H3/t20-/m0/s1. The number of aliphatic hydroxyl groups is 1. The molecule has 0 saturated carbocycles. The van der Waals surface area contributed by atoms with E-state index in [4.69, 9.17) is 10.00 Å². The second-order valence-corrected chi connectivity index (χ2v) is 7.50. The lowest BCUT2D eigenvalue weighted by molar-refractivity contribution is -0.160. The van der Waals surface area contributed by atoms with Crippen molar-refractivity contribution < 1.29 is 19.0 Å². The van der Waals surface area contributed by atoms with Crippen molar-refractivity contribution >= 4 is 5.91 Å². The Labute approximate surface area is 159 Å². The monoisotopic (exact) mass is 375 g/mol. The van der Waals surface area contributed by atoms with E-state index in [0.29, 0.717) is 43.8 Å². The zero-order chi connectivity index (χ0) is 19.4. The van der Waals surface area contributed by atoms with Crippen molar-refractivity contribution in [3.63, 3.8) is 0 Å². The van der Waals surface area contributed by atoms with E-state index >= 15 is 0 Å². The van der Waals surface area contributed by atoms with E-state index in [2.05, 4.69) is 11.0 Å². The number of nitriles is 1. The molecular formula is C20H26FN3O3. The smallest absolute Gasteiger partial charge is 0.256 e. The van der Waals surface area contributed by atoms with Crippen LogP contribution in [0.25, 0.3) is 0 Å². The van der Waals surface area contributed by atoms with Crippen molar-refractivity contribution in [3.8, 4) is 11.8 Å². The fourth-order valence-corrected chi connectivity index (χ4v) is 3.96. The Morgan fingerprint density at radius 1 is 1.37 bits per heavy atom. The summed E-state index contributed by atoms with van der Waals surface area (Å²) >= 11 is 0. The number of nitrogens with zero attached hydrogens (tertiary/aromatic N) is 3. The fraction of sp³-hybridized carbons (Fsp3) is 0.600. The summed E-state index contributed by atoms with van der Waals surface area (Å²) in [5, 5.41) is 20.0. The van der Waals surface area contributed by atoms with Crippen LogP contribution in [0.1, 0.15) is 31.2 Å². The molecule has 146 valence electrons. The Balaban J connectivity index is 1.67. The first-order chi connectivity index (χ1) is 12.9. The Kier molecular flexibility index (Phi) is 5.98. The molecule has 1 N–H and O–H groups in total. The van der Waals surface area contributed by atoms with Crippen molar-refractivity contribution in [3.05, 3.63) is 29.6 Å². The summed E-state index contributed by atoms with van der Waals surface area (Å²) in [5.74, 6) is -0.147. The number of methoxy groups -OCH3 is 1. The molecule has 2 aliphatic heterocycles. The summed E-state index contributed by atoms with van der Waals surface area (Å²) in [6.45, 7) is 2.28. The first kappa shape index (κ1) is 19.6. The molecule has 2 fully saturated rings. The SMILES string of the molecule is COc1ccc(F)c(CN2CCC[C@](O)(CN3CCC(C#N)CC3)C2=O)c1. The fourth-order valence-electron chi connectivity index (χ4n) is 3.96. The number of amides is 1. The minimum Gasteiger partial charge on any atom is -0.497 e. The maximum atomic E-state index is 14.1. The van der Waals surface area contributed by atoms with Crippen LogP contribution in [-0.2, 0) is 11.3 Å². The second kappa shape index (κ2) is 8.24. The lowest BCUT2D eigenvalue weighted by Crippen LogP contribution is -2.59. The molecule has 1 aromatic rings. The third-order valence-electron chi connectivity index (χ3n) is 5.57. The molecule has 0 radical (unpaired) electrons. The Morgan fingerprint density at radius 2 is 2.11 bits per heavy atom. The van der Waals surface area contributed by atoms with Crippen LogP contribution in [-0.4, -0.2) is 59.7 Å². The molecule has 2 aliphatic rings. The maximum Gasteiger partial charge on any atom is 0.256 e. The van der Waals surface area contributed by atoms with Crippen molar-refractivity contribution in [2.45, 2.75) is 37.8 Å². The molecule has 6 nitrogen and oxygen atoms in total. The van der Waals surface area contributed by atoms with E-state index in [1.807, 2.05) is 0 Å². The number of β-amino-alcohol motifs (C(OH)–C–C–N with tert-alkyl or cyclic N) is 1. The number of hydrogen-bond acceptors (Lipinski definition) is 5. The highest BCUT2D eigenvalue weighted by Gasteiger charge is 2.43. The lowest BCUT2D eigenvalue weighted by atomic mass is 9.89. The van der Waals surface area contributed by atoms with Crippen LogP contribution in [0.15, 0.2) is 18.2 Å². The topological polar surface area (TPSA) is 76.8 Å². The highest BCUT2D eigenvalue weighted by molar-refractivity contribution is 5.86. The van der Waals surface area contributed by atoms with Gasteiger partial charge in [-0.2, -0.15) is 5.26 Å². The molecule has 1 atom stereocenters. The summed E-state index contributed by atoms with van der Waals surface area (Å²) in [6, 6.07) is 6.74. The third-order valence-corrected chi connectivity index (χ3v) is 5.57. The van der Waals surface area contributed by atoms with Crippen LogP contribution < -0.4 is 4.74 Å². The van der Waals surface area contributed by atoms with Gasteiger partial charge in [0, 0.05) is 31.1 Å². The lowest BCUT2D eigenvalue weighted by Gasteiger charge is -2.42. The van der Waals surface area contributed by atoms with Gasteiger partial charge in [-0.25, -0.2) is 4.39 Å². The Bertz CT molecular complexity index is 728. The number of benzene rings is 1. The van der Waals surface area contributed by atoms with Gasteiger partial charge in [0.25, 0.3) is 5.91 Å². The zero-order valence-electron chi connectivity index (χ0n) is 15.7. The summed E-state index contributed by atoms with van der Waals surface area (Å²) < 4.78 is 19.3. The van der Waals surface area contributed by atoms with Gasteiger partial charge in [0.05, 0.1) is 13.2 Å². The highest BCUT2D eigenvalue weighted by Crippen LogP contribution is 2.28. The van der Waals surface area contributed by atoms with Crippen molar-refractivity contribution in [1.29, 1.82) is 5.26 Å². The average Bonchev–Trinajstić information content (AvgIpc) is 2.68. The third kappa shape index (κ3) is 4.40. The quantitative estimate of drug-likeness (QED) is 0.851. The van der Waals surface area contributed by atoms with Crippen LogP contribution in [0.2, 0.25) is 0 Å². The van der Waals surface area contributed by atoms with Gasteiger partial charge in [0.15, 0.2) is 5.60 Å². The van der Waals surface area contributed by atoms with E-state index in [9.17, 15) is 14.3 Å². The van der Waals surface area contributed by atoms with Gasteiger partial charge in [-0.05, 0) is 57.0 Å². The molecule has 7 heteroatoms. The Hall–Kier alpha value is -2.17. The van der Waals surface area contributed by atoms with Gasteiger partial charge in [0.1, 0.15) is 11.6 Å². The van der Waals surface area contributed by atoms with Crippen LogP contribution in [0.4, 0.5) is 4.39 Å². The van der Waals surface area contributed by atoms with Gasteiger partial charge in [-0.1, -0.05) is 0 Å². The molecule has 2 saturated heterocycles. The molecular weight excluding hydrogens is 349 g/mol. The van der Waals surface area contributed by atoms with Gasteiger partial charge >= 0.3 is 0 Å². The van der Waals surface area contributed by atoms with E-state index in [1.54, 1.807) is 6.07 Å². The van der Waals surface area contributed by atoms with Crippen LogP contribution in [0.5, 0.6) is 5.75 Å². The minimum atomic E-state index is -1.45. The molecule has 1 amide bonds. The van der Waals surface area contributed by atoms with Gasteiger partial charge in [-0.3, -0.25) is 9.69 Å². The van der Waals surface area contributed by atoms with E-state index < -0.39 is 11.4 Å². The van der Waals surface area contributed by atoms with Crippen LogP contribution in [0, 0.1) is 23.1 Å². The van der Waals surface area contributed by atoms with Crippen LogP contribution in [0.3, 0.4) is 0 Å². The largest absolute Gasteiger partial charge is 0.497 e. The number of piperidine rings is 2. The molecule has 3 rings (SSSR count). The summed E-state index contributed by atoms with van der Waals surface area (Å²) in [6.07, 6.45) is 2.60. The summed E-state index contributed by atoms with van der Waals surface area (Å²) in [5.41, 5.74) is -1.07.